The number of ether oxygens (including phenoxy) is 2. The molecule has 1 unspecified atom stereocenters. The van der Waals surface area contributed by atoms with Gasteiger partial charge in [0.25, 0.3) is 5.91 Å². The van der Waals surface area contributed by atoms with Gasteiger partial charge in [-0.05, 0) is 61.6 Å². The van der Waals surface area contributed by atoms with Gasteiger partial charge in [-0.3, -0.25) is 9.59 Å². The molecule has 6 nitrogen and oxygen atoms in total. The van der Waals surface area contributed by atoms with E-state index in [-0.39, 0.29) is 17.1 Å². The molecule has 4 rings (SSSR count). The third-order valence-electron chi connectivity index (χ3n) is 6.09. The summed E-state index contributed by atoms with van der Waals surface area (Å²) in [6.45, 7) is 7.57. The third-order valence-corrected chi connectivity index (χ3v) is 6.09. The normalized spacial score (nSPS) is 15.3. The summed E-state index contributed by atoms with van der Waals surface area (Å²) in [5.74, 6) is 0.608. The van der Waals surface area contributed by atoms with Crippen molar-refractivity contribution in [3.05, 3.63) is 74.6 Å². The monoisotopic (exact) mass is 449 g/mol. The number of methoxy groups -OCH3 is 1. The van der Waals surface area contributed by atoms with Gasteiger partial charge in [-0.25, -0.2) is 0 Å². The van der Waals surface area contributed by atoms with Gasteiger partial charge in [0.15, 0.2) is 5.43 Å². The molecule has 0 aliphatic carbocycles. The summed E-state index contributed by atoms with van der Waals surface area (Å²) < 4.78 is 17.2. The molecule has 1 aromatic heterocycles. The lowest BCUT2D eigenvalue weighted by molar-refractivity contribution is 0.0707. The Hall–Kier alpha value is -3.12. The Morgan fingerprint density at radius 3 is 2.64 bits per heavy atom. The van der Waals surface area contributed by atoms with Gasteiger partial charge in [0, 0.05) is 20.3 Å². The van der Waals surface area contributed by atoms with E-state index in [9.17, 15) is 9.59 Å². The zero-order valence-electron chi connectivity index (χ0n) is 19.8. The fraction of sp³-hybridized carbons (Fsp3) is 0.407. The summed E-state index contributed by atoms with van der Waals surface area (Å²) in [4.78, 5) is 28.9. The van der Waals surface area contributed by atoms with Crippen LogP contribution in [0.15, 0.2) is 45.6 Å². The number of fused-ring (bicyclic) bond motifs is 2. The van der Waals surface area contributed by atoms with Crippen LogP contribution in [0.5, 0.6) is 5.75 Å². The van der Waals surface area contributed by atoms with E-state index in [0.29, 0.717) is 42.7 Å². The number of carbonyl (C=O) groups is 1. The molecular formula is C27H31NO5. The SMILES string of the molecule is CCCCOc1cccc(C2c3c(oc4c(C)cc(C)cc4c3=O)C(=O)N2CCCOC)c1. The van der Waals surface area contributed by atoms with E-state index < -0.39 is 6.04 Å². The smallest absolute Gasteiger partial charge is 0.290 e. The van der Waals surface area contributed by atoms with Gasteiger partial charge in [-0.2, -0.15) is 0 Å². The van der Waals surface area contributed by atoms with Gasteiger partial charge in [0.05, 0.1) is 23.6 Å². The molecule has 0 fully saturated rings. The first-order chi connectivity index (χ1) is 16.0. The maximum Gasteiger partial charge on any atom is 0.290 e. The number of carbonyl (C=O) groups excluding carboxylic acids is 1. The lowest BCUT2D eigenvalue weighted by atomic mass is 9.97. The summed E-state index contributed by atoms with van der Waals surface area (Å²) in [7, 11) is 1.64. The van der Waals surface area contributed by atoms with Crippen LogP contribution in [0.2, 0.25) is 0 Å². The summed E-state index contributed by atoms with van der Waals surface area (Å²) in [6, 6.07) is 11.0. The number of nitrogens with zero attached hydrogens (tertiary/aromatic N) is 1. The van der Waals surface area contributed by atoms with Gasteiger partial charge in [-0.1, -0.05) is 31.5 Å². The molecular weight excluding hydrogens is 418 g/mol. The first-order valence-electron chi connectivity index (χ1n) is 11.6. The summed E-state index contributed by atoms with van der Waals surface area (Å²) >= 11 is 0. The molecule has 2 heterocycles. The van der Waals surface area contributed by atoms with Crippen LogP contribution < -0.4 is 10.2 Å². The Labute approximate surface area is 194 Å². The minimum atomic E-state index is -0.527. The zero-order valence-corrected chi connectivity index (χ0v) is 19.8. The predicted molar refractivity (Wildman–Crippen MR) is 128 cm³/mol. The first-order valence-corrected chi connectivity index (χ1v) is 11.6. The largest absolute Gasteiger partial charge is 0.494 e. The lowest BCUT2D eigenvalue weighted by Crippen LogP contribution is -2.31. The van der Waals surface area contributed by atoms with Crippen LogP contribution >= 0.6 is 0 Å². The minimum Gasteiger partial charge on any atom is -0.494 e. The highest BCUT2D eigenvalue weighted by Gasteiger charge is 2.42. The number of amides is 1. The molecule has 1 aliphatic heterocycles. The summed E-state index contributed by atoms with van der Waals surface area (Å²) in [5.41, 5.74) is 3.40. The zero-order chi connectivity index (χ0) is 23.5. The van der Waals surface area contributed by atoms with Crippen LogP contribution in [0.3, 0.4) is 0 Å². The number of aryl methyl sites for hydroxylation is 2. The van der Waals surface area contributed by atoms with Crippen LogP contribution in [0.25, 0.3) is 11.0 Å². The molecule has 1 aliphatic rings. The van der Waals surface area contributed by atoms with Gasteiger partial charge < -0.3 is 18.8 Å². The van der Waals surface area contributed by atoms with Gasteiger partial charge in [0.1, 0.15) is 11.3 Å². The molecule has 1 amide bonds. The van der Waals surface area contributed by atoms with E-state index in [4.69, 9.17) is 13.9 Å². The topological polar surface area (TPSA) is 69.0 Å². The maximum absolute atomic E-state index is 13.7. The van der Waals surface area contributed by atoms with Crippen molar-refractivity contribution in [1.29, 1.82) is 0 Å². The fourth-order valence-electron chi connectivity index (χ4n) is 4.54. The molecule has 0 radical (unpaired) electrons. The van der Waals surface area contributed by atoms with E-state index in [1.54, 1.807) is 12.0 Å². The molecule has 2 aromatic carbocycles. The van der Waals surface area contributed by atoms with Crippen molar-refractivity contribution in [3.8, 4) is 5.75 Å². The second kappa shape index (κ2) is 9.79. The Bertz CT molecular complexity index is 1230. The molecule has 0 bridgehead atoms. The minimum absolute atomic E-state index is 0.138. The fourth-order valence-corrected chi connectivity index (χ4v) is 4.54. The van der Waals surface area contributed by atoms with E-state index in [1.165, 1.54) is 0 Å². The van der Waals surface area contributed by atoms with Crippen LogP contribution in [0.1, 0.15) is 65.0 Å². The van der Waals surface area contributed by atoms with Gasteiger partial charge in [0.2, 0.25) is 5.76 Å². The lowest BCUT2D eigenvalue weighted by Gasteiger charge is -2.25. The Morgan fingerprint density at radius 2 is 1.88 bits per heavy atom. The summed E-state index contributed by atoms with van der Waals surface area (Å²) in [5, 5.41) is 0.512. The van der Waals surface area contributed by atoms with E-state index >= 15 is 0 Å². The molecule has 0 saturated carbocycles. The molecule has 1 atom stereocenters. The highest BCUT2D eigenvalue weighted by atomic mass is 16.5. The second-order valence-corrected chi connectivity index (χ2v) is 8.65. The maximum atomic E-state index is 13.7. The van der Waals surface area contributed by atoms with Crippen LogP contribution in [-0.2, 0) is 4.74 Å². The van der Waals surface area contributed by atoms with Crippen molar-refractivity contribution in [2.75, 3.05) is 26.9 Å². The number of hydrogen-bond donors (Lipinski definition) is 0. The van der Waals surface area contributed by atoms with Crippen molar-refractivity contribution >= 4 is 16.9 Å². The number of rotatable bonds is 9. The molecule has 33 heavy (non-hydrogen) atoms. The van der Waals surface area contributed by atoms with E-state index in [2.05, 4.69) is 6.92 Å². The van der Waals surface area contributed by atoms with Crippen molar-refractivity contribution in [1.82, 2.24) is 4.90 Å². The highest BCUT2D eigenvalue weighted by molar-refractivity contribution is 5.99. The summed E-state index contributed by atoms with van der Waals surface area (Å²) in [6.07, 6.45) is 2.67. The van der Waals surface area contributed by atoms with Crippen LogP contribution in [0, 0.1) is 13.8 Å². The molecule has 3 aromatic rings. The molecule has 0 saturated heterocycles. The molecule has 0 N–H and O–H groups in total. The predicted octanol–water partition coefficient (Wildman–Crippen LogP) is 5.17. The Morgan fingerprint density at radius 1 is 1.06 bits per heavy atom. The number of unbranched alkanes of at least 4 members (excludes halogenated alkanes) is 1. The molecule has 174 valence electrons. The first kappa shape index (κ1) is 23.1. The van der Waals surface area contributed by atoms with Crippen molar-refractivity contribution in [2.45, 2.75) is 46.1 Å². The van der Waals surface area contributed by atoms with Gasteiger partial charge in [-0.15, -0.1) is 0 Å². The third kappa shape index (κ3) is 4.40. The molecule has 6 heteroatoms. The number of benzene rings is 2. The molecule has 0 spiro atoms. The van der Waals surface area contributed by atoms with E-state index in [0.717, 1.165) is 35.3 Å². The Kier molecular flexibility index (Phi) is 6.84. The Balaban J connectivity index is 1.86. The van der Waals surface area contributed by atoms with E-state index in [1.807, 2.05) is 50.2 Å². The average molecular weight is 450 g/mol. The van der Waals surface area contributed by atoms with Crippen molar-refractivity contribution in [3.63, 3.8) is 0 Å². The standard InChI is InChI=1S/C27H31NO5/c1-5-6-13-32-20-10-7-9-19(16-20)23-22-24(29)21-15-17(2)14-18(3)25(21)33-26(22)27(30)28(23)11-8-12-31-4/h7,9-10,14-16,23H,5-6,8,11-13H2,1-4H3. The average Bonchev–Trinajstić information content (AvgIpc) is 3.07. The second-order valence-electron chi connectivity index (χ2n) is 8.65. The quantitative estimate of drug-likeness (QED) is 0.422. The van der Waals surface area contributed by atoms with Crippen LogP contribution in [0.4, 0.5) is 0 Å². The number of hydrogen-bond acceptors (Lipinski definition) is 5. The van der Waals surface area contributed by atoms with Crippen molar-refractivity contribution < 1.29 is 18.7 Å². The van der Waals surface area contributed by atoms with Crippen molar-refractivity contribution in [2.24, 2.45) is 0 Å². The highest BCUT2D eigenvalue weighted by Crippen LogP contribution is 2.39. The van der Waals surface area contributed by atoms with Crippen LogP contribution in [-0.4, -0.2) is 37.7 Å². The van der Waals surface area contributed by atoms with Gasteiger partial charge >= 0.3 is 0 Å².